The predicted octanol–water partition coefficient (Wildman–Crippen LogP) is 1.10. The van der Waals surface area contributed by atoms with Crippen molar-refractivity contribution in [3.8, 4) is 11.5 Å². The third-order valence-electron chi connectivity index (χ3n) is 4.28. The third-order valence-corrected chi connectivity index (χ3v) is 4.28. The number of amides is 1. The summed E-state index contributed by atoms with van der Waals surface area (Å²) in [5.41, 5.74) is 0. The molecule has 0 bridgehead atoms. The highest BCUT2D eigenvalue weighted by atomic mass is 16.5. The van der Waals surface area contributed by atoms with Crippen LogP contribution in [0, 0.1) is 0 Å². The Kier molecular flexibility index (Phi) is 8.35. The van der Waals surface area contributed by atoms with E-state index in [1.807, 2.05) is 24.3 Å². The molecule has 1 aromatic rings. The second kappa shape index (κ2) is 10.7. The zero-order chi connectivity index (χ0) is 19.6. The second-order valence-electron chi connectivity index (χ2n) is 6.55. The molecule has 2 rings (SSSR count). The Morgan fingerprint density at radius 1 is 1.30 bits per heavy atom. The van der Waals surface area contributed by atoms with Gasteiger partial charge in [-0.05, 0) is 37.7 Å². The number of rotatable bonds is 10. The Labute approximate surface area is 159 Å². The molecule has 1 N–H and O–H groups in total. The molecule has 1 atom stereocenters. The number of likely N-dealkylation sites (N-methyl/N-ethyl adjacent to an activating group) is 1. The number of methoxy groups -OCH3 is 1. The monoisotopic (exact) mass is 380 g/mol. The summed E-state index contributed by atoms with van der Waals surface area (Å²) in [5.74, 6) is 0.713. The van der Waals surface area contributed by atoms with E-state index in [-0.39, 0.29) is 18.6 Å². The van der Waals surface area contributed by atoms with Gasteiger partial charge in [0.2, 0.25) is 5.91 Å². The van der Waals surface area contributed by atoms with Gasteiger partial charge in [-0.25, -0.2) is 0 Å². The highest BCUT2D eigenvalue weighted by Crippen LogP contribution is 2.17. The number of carbonyl (C=O) groups excluding carboxylic acids is 1. The van der Waals surface area contributed by atoms with Gasteiger partial charge in [-0.15, -0.1) is 0 Å². The fraction of sp³-hybridized carbons (Fsp3) is 0.579. The van der Waals surface area contributed by atoms with Crippen molar-refractivity contribution in [1.29, 1.82) is 0 Å². The molecule has 1 aliphatic rings. The molecule has 1 saturated heterocycles. The number of aliphatic carboxylic acids is 1. The highest BCUT2D eigenvalue weighted by Gasteiger charge is 2.25. The first kappa shape index (κ1) is 21.0. The predicted molar refractivity (Wildman–Crippen MR) is 99.2 cm³/mol. The highest BCUT2D eigenvalue weighted by molar-refractivity contribution is 5.76. The van der Waals surface area contributed by atoms with Gasteiger partial charge < -0.3 is 24.2 Å². The van der Waals surface area contributed by atoms with Crippen molar-refractivity contribution in [1.82, 2.24) is 9.80 Å². The minimum absolute atomic E-state index is 0.0451. The summed E-state index contributed by atoms with van der Waals surface area (Å²) >= 11 is 0. The summed E-state index contributed by atoms with van der Waals surface area (Å²) < 4.78 is 16.4. The number of ether oxygens (including phenoxy) is 3. The van der Waals surface area contributed by atoms with E-state index in [1.165, 1.54) is 0 Å². The summed E-state index contributed by atoms with van der Waals surface area (Å²) in [4.78, 5) is 26.6. The molecule has 0 spiro atoms. The summed E-state index contributed by atoms with van der Waals surface area (Å²) in [5, 5.41) is 8.82. The first-order valence-electron chi connectivity index (χ1n) is 9.04. The summed E-state index contributed by atoms with van der Waals surface area (Å²) in [6.07, 6.45) is 0.877. The lowest BCUT2D eigenvalue weighted by Crippen LogP contribution is -2.49. The van der Waals surface area contributed by atoms with Gasteiger partial charge in [-0.3, -0.25) is 14.5 Å². The minimum Gasteiger partial charge on any atom is -0.497 e. The van der Waals surface area contributed by atoms with Crippen LogP contribution in [0.2, 0.25) is 0 Å². The van der Waals surface area contributed by atoms with Gasteiger partial charge in [0, 0.05) is 26.1 Å². The van der Waals surface area contributed by atoms with Crippen molar-refractivity contribution in [2.75, 3.05) is 53.6 Å². The molecule has 150 valence electrons. The maximum Gasteiger partial charge on any atom is 0.317 e. The average Bonchev–Trinajstić information content (AvgIpc) is 2.65. The van der Waals surface area contributed by atoms with Gasteiger partial charge in [-0.2, -0.15) is 0 Å². The molecule has 8 heteroatoms. The number of nitrogens with zero attached hydrogens (tertiary/aromatic N) is 2. The van der Waals surface area contributed by atoms with Crippen LogP contribution >= 0.6 is 0 Å². The van der Waals surface area contributed by atoms with Gasteiger partial charge in [-0.1, -0.05) is 0 Å². The van der Waals surface area contributed by atoms with Crippen molar-refractivity contribution >= 4 is 11.9 Å². The molecule has 1 heterocycles. The smallest absolute Gasteiger partial charge is 0.317 e. The van der Waals surface area contributed by atoms with Crippen LogP contribution in [0.3, 0.4) is 0 Å². The van der Waals surface area contributed by atoms with Gasteiger partial charge in [0.1, 0.15) is 11.5 Å². The number of carboxylic acids is 1. The van der Waals surface area contributed by atoms with Crippen LogP contribution in [0.15, 0.2) is 24.3 Å². The SMILES string of the molecule is COc1ccc(OCCCC(=O)N2CCOC(CN(C)CC(=O)O)C2)cc1. The fourth-order valence-corrected chi connectivity index (χ4v) is 2.94. The van der Waals surface area contributed by atoms with Gasteiger partial charge in [0.15, 0.2) is 0 Å². The molecule has 0 aliphatic carbocycles. The maximum absolute atomic E-state index is 12.4. The number of hydrogen-bond acceptors (Lipinski definition) is 6. The average molecular weight is 380 g/mol. The molecule has 1 amide bonds. The van der Waals surface area contributed by atoms with E-state index >= 15 is 0 Å². The topological polar surface area (TPSA) is 88.5 Å². The molecular formula is C19H28N2O6. The Morgan fingerprint density at radius 2 is 2.00 bits per heavy atom. The molecule has 1 unspecified atom stereocenters. The van der Waals surface area contributed by atoms with E-state index < -0.39 is 5.97 Å². The van der Waals surface area contributed by atoms with Crippen LogP contribution in [0.4, 0.5) is 0 Å². The molecule has 0 radical (unpaired) electrons. The minimum atomic E-state index is -0.877. The lowest BCUT2D eigenvalue weighted by atomic mass is 10.2. The lowest BCUT2D eigenvalue weighted by molar-refractivity contribution is -0.142. The Balaban J connectivity index is 1.67. The number of morpholine rings is 1. The number of hydrogen-bond donors (Lipinski definition) is 1. The van der Waals surface area contributed by atoms with Crippen molar-refractivity contribution < 1.29 is 28.9 Å². The molecular weight excluding hydrogens is 352 g/mol. The molecule has 0 aromatic heterocycles. The van der Waals surface area contributed by atoms with Crippen LogP contribution in [0.25, 0.3) is 0 Å². The molecule has 27 heavy (non-hydrogen) atoms. The van der Waals surface area contributed by atoms with Crippen molar-refractivity contribution in [3.05, 3.63) is 24.3 Å². The number of carboxylic acid groups (broad SMARTS) is 1. The summed E-state index contributed by atoms with van der Waals surface area (Å²) in [7, 11) is 3.34. The van der Waals surface area contributed by atoms with Crippen LogP contribution in [0.5, 0.6) is 11.5 Å². The van der Waals surface area contributed by atoms with E-state index in [0.29, 0.717) is 45.7 Å². The zero-order valence-electron chi connectivity index (χ0n) is 15.9. The number of carbonyl (C=O) groups is 2. The quantitative estimate of drug-likeness (QED) is 0.608. The Morgan fingerprint density at radius 3 is 2.67 bits per heavy atom. The number of benzene rings is 1. The normalized spacial score (nSPS) is 17.0. The first-order chi connectivity index (χ1) is 13.0. The van der Waals surface area contributed by atoms with Gasteiger partial charge in [0.25, 0.3) is 0 Å². The second-order valence-corrected chi connectivity index (χ2v) is 6.55. The molecule has 8 nitrogen and oxygen atoms in total. The largest absolute Gasteiger partial charge is 0.497 e. The van der Waals surface area contributed by atoms with Crippen LogP contribution in [0.1, 0.15) is 12.8 Å². The maximum atomic E-state index is 12.4. The van der Waals surface area contributed by atoms with E-state index in [1.54, 1.807) is 24.0 Å². The van der Waals surface area contributed by atoms with E-state index in [4.69, 9.17) is 19.3 Å². The first-order valence-corrected chi connectivity index (χ1v) is 9.04. The van der Waals surface area contributed by atoms with Crippen molar-refractivity contribution in [3.63, 3.8) is 0 Å². The van der Waals surface area contributed by atoms with Crippen molar-refractivity contribution in [2.45, 2.75) is 18.9 Å². The van der Waals surface area contributed by atoms with Gasteiger partial charge in [0.05, 0.1) is 33.0 Å². The Hall–Kier alpha value is -2.32. The van der Waals surface area contributed by atoms with Crippen LogP contribution in [-0.4, -0.2) is 86.4 Å². The molecule has 1 aliphatic heterocycles. The molecule has 1 aromatic carbocycles. The van der Waals surface area contributed by atoms with E-state index in [9.17, 15) is 9.59 Å². The zero-order valence-corrected chi connectivity index (χ0v) is 15.9. The van der Waals surface area contributed by atoms with Gasteiger partial charge >= 0.3 is 5.97 Å². The Bertz CT molecular complexity index is 607. The summed E-state index contributed by atoms with van der Waals surface area (Å²) in [6, 6.07) is 7.33. The van der Waals surface area contributed by atoms with Crippen molar-refractivity contribution in [2.24, 2.45) is 0 Å². The standard InChI is InChI=1S/C19H28N2O6/c1-20(14-19(23)24)12-17-13-21(9-11-27-17)18(22)4-3-10-26-16-7-5-15(25-2)6-8-16/h5-8,17H,3-4,9-14H2,1-2H3,(H,23,24). The third kappa shape index (κ3) is 7.44. The van der Waals surface area contributed by atoms with Crippen LogP contribution < -0.4 is 9.47 Å². The van der Waals surface area contributed by atoms with E-state index in [2.05, 4.69) is 0 Å². The van der Waals surface area contributed by atoms with E-state index in [0.717, 1.165) is 11.5 Å². The van der Waals surface area contributed by atoms with Crippen LogP contribution in [-0.2, 0) is 14.3 Å². The molecule has 0 saturated carbocycles. The lowest BCUT2D eigenvalue weighted by Gasteiger charge is -2.34. The fourth-order valence-electron chi connectivity index (χ4n) is 2.94. The molecule has 1 fully saturated rings. The summed E-state index contributed by atoms with van der Waals surface area (Å²) in [6.45, 7) is 2.43.